The minimum absolute atomic E-state index is 0.00415. The van der Waals surface area contributed by atoms with Crippen molar-refractivity contribution in [2.24, 2.45) is 5.41 Å². The molecule has 1 aliphatic heterocycles. The number of rotatable bonds is 6. The van der Waals surface area contributed by atoms with E-state index in [0.29, 0.717) is 6.54 Å². The maximum atomic E-state index is 13.5. The Labute approximate surface area is 187 Å². The molecule has 3 aliphatic rings. The van der Waals surface area contributed by atoms with E-state index in [2.05, 4.69) is 66.5 Å². The molecule has 3 fully saturated rings. The Morgan fingerprint density at radius 3 is 2.23 bits per heavy atom. The van der Waals surface area contributed by atoms with Gasteiger partial charge in [-0.15, -0.1) is 0 Å². The van der Waals surface area contributed by atoms with Gasteiger partial charge in [-0.2, -0.15) is 0 Å². The predicted molar refractivity (Wildman–Crippen MR) is 123 cm³/mol. The molecule has 170 valence electrons. The van der Waals surface area contributed by atoms with Gasteiger partial charge in [-0.05, 0) is 63.6 Å². The third kappa shape index (κ3) is 3.84. The molecule has 1 aromatic carbocycles. The van der Waals surface area contributed by atoms with Crippen molar-refractivity contribution in [1.29, 1.82) is 0 Å². The highest BCUT2D eigenvalue weighted by atomic mass is 16.2. The summed E-state index contributed by atoms with van der Waals surface area (Å²) in [5, 5.41) is 2.68. The molecule has 2 aliphatic carbocycles. The molecule has 0 radical (unpaired) electrons. The number of amides is 3. The Bertz CT molecular complexity index is 810. The van der Waals surface area contributed by atoms with Crippen LogP contribution in [0.1, 0.15) is 57.4 Å². The van der Waals surface area contributed by atoms with Gasteiger partial charge >= 0.3 is 6.03 Å². The highest BCUT2D eigenvalue weighted by molar-refractivity contribution is 5.85. The molecule has 31 heavy (non-hydrogen) atoms. The summed E-state index contributed by atoms with van der Waals surface area (Å²) >= 11 is 0. The second-order valence-corrected chi connectivity index (χ2v) is 10.6. The Kier molecular flexibility index (Phi) is 5.80. The van der Waals surface area contributed by atoms with Crippen LogP contribution in [0, 0.1) is 5.41 Å². The van der Waals surface area contributed by atoms with Crippen LogP contribution in [0.15, 0.2) is 30.3 Å². The van der Waals surface area contributed by atoms with Crippen LogP contribution in [-0.2, 0) is 10.3 Å². The second-order valence-electron chi connectivity index (χ2n) is 10.6. The van der Waals surface area contributed by atoms with Crippen LogP contribution in [0.3, 0.4) is 0 Å². The lowest BCUT2D eigenvalue weighted by Crippen LogP contribution is -2.57. The largest absolute Gasteiger partial charge is 0.358 e. The topological polar surface area (TPSA) is 55.9 Å². The number of likely N-dealkylation sites (N-methyl/N-ethyl adjacent to an activating group) is 1. The van der Waals surface area contributed by atoms with E-state index in [1.165, 1.54) is 24.8 Å². The summed E-state index contributed by atoms with van der Waals surface area (Å²) in [5.41, 5.74) is 1.41. The molecular weight excluding hydrogens is 388 g/mol. The van der Waals surface area contributed by atoms with Gasteiger partial charge < -0.3 is 15.1 Å². The molecule has 1 aromatic rings. The number of urea groups is 1. The van der Waals surface area contributed by atoms with Gasteiger partial charge in [-0.1, -0.05) is 43.7 Å². The van der Waals surface area contributed by atoms with Crippen LogP contribution < -0.4 is 5.32 Å². The van der Waals surface area contributed by atoms with Crippen LogP contribution >= 0.6 is 0 Å². The predicted octanol–water partition coefficient (Wildman–Crippen LogP) is 3.43. The lowest BCUT2D eigenvalue weighted by molar-refractivity contribution is -0.121. The van der Waals surface area contributed by atoms with Gasteiger partial charge in [0.05, 0.1) is 5.54 Å². The highest BCUT2D eigenvalue weighted by Gasteiger charge is 2.56. The Hall–Kier alpha value is -2.08. The fraction of sp³-hybridized carbons (Fsp3) is 0.680. The van der Waals surface area contributed by atoms with Crippen LogP contribution in [0.2, 0.25) is 0 Å². The average Bonchev–Trinajstić information content (AvgIpc) is 2.99. The summed E-state index contributed by atoms with van der Waals surface area (Å²) in [4.78, 5) is 31.9. The Morgan fingerprint density at radius 2 is 1.71 bits per heavy atom. The first-order valence-corrected chi connectivity index (χ1v) is 11.7. The lowest BCUT2D eigenvalue weighted by Gasteiger charge is -2.53. The zero-order chi connectivity index (χ0) is 22.3. The first-order valence-electron chi connectivity index (χ1n) is 11.7. The van der Waals surface area contributed by atoms with Crippen molar-refractivity contribution < 1.29 is 9.59 Å². The molecule has 2 saturated carbocycles. The van der Waals surface area contributed by atoms with Crippen molar-refractivity contribution >= 4 is 11.9 Å². The summed E-state index contributed by atoms with van der Waals surface area (Å²) in [5.74, 6) is -0.0945. The van der Waals surface area contributed by atoms with E-state index >= 15 is 0 Å². The zero-order valence-electron chi connectivity index (χ0n) is 19.6. The number of carbonyl (C=O) groups excluding carboxylic acids is 2. The van der Waals surface area contributed by atoms with E-state index in [0.717, 1.165) is 32.2 Å². The normalized spacial score (nSPS) is 30.0. The van der Waals surface area contributed by atoms with Gasteiger partial charge in [0.15, 0.2) is 0 Å². The van der Waals surface area contributed by atoms with Gasteiger partial charge in [0.1, 0.15) is 6.54 Å². The molecule has 1 saturated heterocycles. The Morgan fingerprint density at radius 1 is 1.06 bits per heavy atom. The minimum Gasteiger partial charge on any atom is -0.358 e. The molecule has 4 rings (SSSR count). The highest BCUT2D eigenvalue weighted by Crippen LogP contribution is 2.51. The van der Waals surface area contributed by atoms with E-state index in [4.69, 9.17) is 0 Å². The van der Waals surface area contributed by atoms with Gasteiger partial charge in [0.25, 0.3) is 0 Å². The standard InChI is InChI=1S/C25H38N4O2/c1-23(11-8-12-23)18-29-22(31)28(17-21(30)26-2)19-24(29)13-15-25(16-14-24,27(3)4)20-9-6-5-7-10-20/h5-7,9-10H,8,11-19H2,1-4H3,(H,26,30)/t24-,25-. The summed E-state index contributed by atoms with van der Waals surface area (Å²) in [7, 11) is 5.99. The molecule has 0 atom stereocenters. The maximum Gasteiger partial charge on any atom is 0.321 e. The molecule has 0 bridgehead atoms. The number of hydrogen-bond donors (Lipinski definition) is 1. The van der Waals surface area contributed by atoms with Crippen molar-refractivity contribution in [2.45, 2.75) is 62.9 Å². The smallest absolute Gasteiger partial charge is 0.321 e. The molecule has 0 unspecified atom stereocenters. The third-order valence-electron chi connectivity index (χ3n) is 8.45. The quantitative estimate of drug-likeness (QED) is 0.758. The van der Waals surface area contributed by atoms with Crippen LogP contribution in [0.4, 0.5) is 4.79 Å². The van der Waals surface area contributed by atoms with E-state index in [1.807, 2.05) is 0 Å². The average molecular weight is 427 g/mol. The molecule has 1 spiro atoms. The maximum absolute atomic E-state index is 13.5. The monoisotopic (exact) mass is 426 g/mol. The van der Waals surface area contributed by atoms with Crippen LogP contribution in [0.5, 0.6) is 0 Å². The van der Waals surface area contributed by atoms with Gasteiger partial charge in [-0.25, -0.2) is 4.79 Å². The summed E-state index contributed by atoms with van der Waals surface area (Å²) in [6.45, 7) is 3.95. The van der Waals surface area contributed by atoms with Crippen molar-refractivity contribution in [3.8, 4) is 0 Å². The summed E-state index contributed by atoms with van der Waals surface area (Å²) in [6, 6.07) is 10.8. The van der Waals surface area contributed by atoms with E-state index in [1.54, 1.807) is 11.9 Å². The first kappa shape index (κ1) is 22.1. The number of benzene rings is 1. The summed E-state index contributed by atoms with van der Waals surface area (Å²) in [6.07, 6.45) is 7.59. The first-order chi connectivity index (χ1) is 14.7. The van der Waals surface area contributed by atoms with Crippen molar-refractivity contribution in [3.63, 3.8) is 0 Å². The molecular formula is C25H38N4O2. The van der Waals surface area contributed by atoms with Crippen molar-refractivity contribution in [3.05, 3.63) is 35.9 Å². The van der Waals surface area contributed by atoms with Crippen LogP contribution in [0.25, 0.3) is 0 Å². The minimum atomic E-state index is -0.169. The molecule has 6 nitrogen and oxygen atoms in total. The second kappa shape index (κ2) is 8.12. The van der Waals surface area contributed by atoms with E-state index < -0.39 is 0 Å². The number of carbonyl (C=O) groups is 2. The molecule has 1 N–H and O–H groups in total. The number of hydrogen-bond acceptors (Lipinski definition) is 3. The summed E-state index contributed by atoms with van der Waals surface area (Å²) < 4.78 is 0. The molecule has 6 heteroatoms. The van der Waals surface area contributed by atoms with Gasteiger partial charge in [0, 0.05) is 25.7 Å². The van der Waals surface area contributed by atoms with Crippen molar-refractivity contribution in [1.82, 2.24) is 20.0 Å². The lowest BCUT2D eigenvalue weighted by atomic mass is 9.66. The SMILES string of the molecule is CNC(=O)CN1C[C@]2(CC[C@@](c3ccccc3)(N(C)C)CC2)N(CC2(C)CCC2)C1=O. The number of nitrogens with zero attached hydrogens (tertiary/aromatic N) is 3. The molecule has 1 heterocycles. The fourth-order valence-corrected chi connectivity index (χ4v) is 6.11. The zero-order valence-corrected chi connectivity index (χ0v) is 19.6. The third-order valence-corrected chi connectivity index (χ3v) is 8.45. The molecule has 0 aromatic heterocycles. The van der Waals surface area contributed by atoms with Gasteiger partial charge in [-0.3, -0.25) is 9.69 Å². The van der Waals surface area contributed by atoms with E-state index in [-0.39, 0.29) is 35.0 Å². The fourth-order valence-electron chi connectivity index (χ4n) is 6.11. The van der Waals surface area contributed by atoms with Crippen LogP contribution in [-0.4, -0.2) is 73.0 Å². The molecule has 3 amide bonds. The number of nitrogens with one attached hydrogen (secondary N) is 1. The van der Waals surface area contributed by atoms with E-state index in [9.17, 15) is 9.59 Å². The van der Waals surface area contributed by atoms with Crippen molar-refractivity contribution in [2.75, 3.05) is 40.8 Å². The van der Waals surface area contributed by atoms with Gasteiger partial charge in [0.2, 0.25) is 5.91 Å². The Balaban J connectivity index is 1.60.